The van der Waals surface area contributed by atoms with Gasteiger partial charge >= 0.3 is 5.97 Å². The summed E-state index contributed by atoms with van der Waals surface area (Å²) in [4.78, 5) is 25.7. The van der Waals surface area contributed by atoms with E-state index in [-0.39, 0.29) is 11.3 Å². The maximum atomic E-state index is 13.0. The molecule has 8 heteroatoms. The summed E-state index contributed by atoms with van der Waals surface area (Å²) in [6, 6.07) is 14.8. The SMILES string of the molecule is O=C(Oc1ccc(Cl)c2ccccc12)c1cc([N+](=O)[O-])ccc1N1CCOCC1. The Morgan fingerprint density at radius 1 is 1.07 bits per heavy atom. The van der Waals surface area contributed by atoms with Crippen LogP contribution in [-0.4, -0.2) is 37.2 Å². The van der Waals surface area contributed by atoms with Crippen LogP contribution in [0.2, 0.25) is 5.02 Å². The molecule has 0 spiro atoms. The fourth-order valence-electron chi connectivity index (χ4n) is 3.36. The number of carbonyl (C=O) groups is 1. The van der Waals surface area contributed by atoms with Crippen molar-refractivity contribution in [2.45, 2.75) is 0 Å². The highest BCUT2D eigenvalue weighted by molar-refractivity contribution is 6.35. The summed E-state index contributed by atoms with van der Waals surface area (Å²) in [7, 11) is 0. The van der Waals surface area contributed by atoms with Crippen LogP contribution >= 0.6 is 11.6 Å². The van der Waals surface area contributed by atoms with Gasteiger partial charge in [0.05, 0.1) is 29.4 Å². The van der Waals surface area contributed by atoms with Crippen LogP contribution in [0.25, 0.3) is 10.8 Å². The number of halogens is 1. The van der Waals surface area contributed by atoms with Crippen molar-refractivity contribution in [2.24, 2.45) is 0 Å². The van der Waals surface area contributed by atoms with Gasteiger partial charge in [-0.05, 0) is 18.2 Å². The summed E-state index contributed by atoms with van der Waals surface area (Å²) in [5.74, 6) is -0.322. The number of benzene rings is 3. The molecule has 1 aliphatic heterocycles. The Kier molecular flexibility index (Phi) is 5.33. The molecule has 1 saturated heterocycles. The number of hydrogen-bond acceptors (Lipinski definition) is 6. The summed E-state index contributed by atoms with van der Waals surface area (Å²) in [6.45, 7) is 2.21. The van der Waals surface area contributed by atoms with Crippen LogP contribution in [0.4, 0.5) is 11.4 Å². The van der Waals surface area contributed by atoms with Crippen LogP contribution in [-0.2, 0) is 4.74 Å². The molecule has 3 aromatic carbocycles. The number of nitrogens with zero attached hydrogens (tertiary/aromatic N) is 2. The number of fused-ring (bicyclic) bond motifs is 1. The fraction of sp³-hybridized carbons (Fsp3) is 0.190. The lowest BCUT2D eigenvalue weighted by molar-refractivity contribution is -0.384. The zero-order valence-corrected chi connectivity index (χ0v) is 16.1. The molecule has 7 nitrogen and oxygen atoms in total. The van der Waals surface area contributed by atoms with Crippen LogP contribution < -0.4 is 9.64 Å². The molecule has 29 heavy (non-hydrogen) atoms. The highest BCUT2D eigenvalue weighted by Gasteiger charge is 2.24. The molecule has 0 unspecified atom stereocenters. The molecule has 0 aliphatic carbocycles. The second-order valence-corrected chi connectivity index (χ2v) is 6.95. The molecule has 0 atom stereocenters. The minimum Gasteiger partial charge on any atom is -0.422 e. The predicted molar refractivity (Wildman–Crippen MR) is 110 cm³/mol. The number of hydrogen-bond donors (Lipinski definition) is 0. The van der Waals surface area contributed by atoms with E-state index < -0.39 is 10.9 Å². The number of anilines is 1. The second kappa shape index (κ2) is 8.06. The molecule has 148 valence electrons. The molecule has 0 aromatic heterocycles. The molecule has 0 radical (unpaired) electrons. The van der Waals surface area contributed by atoms with E-state index >= 15 is 0 Å². The van der Waals surface area contributed by atoms with Gasteiger partial charge in [0.25, 0.3) is 5.69 Å². The Morgan fingerprint density at radius 3 is 2.52 bits per heavy atom. The molecule has 1 fully saturated rings. The van der Waals surface area contributed by atoms with Gasteiger partial charge in [0.15, 0.2) is 0 Å². The second-order valence-electron chi connectivity index (χ2n) is 6.54. The van der Waals surface area contributed by atoms with Crippen molar-refractivity contribution in [2.75, 3.05) is 31.2 Å². The van der Waals surface area contributed by atoms with Gasteiger partial charge in [-0.15, -0.1) is 0 Å². The van der Waals surface area contributed by atoms with Crippen molar-refractivity contribution in [1.29, 1.82) is 0 Å². The first kappa shape index (κ1) is 19.2. The van der Waals surface area contributed by atoms with Gasteiger partial charge in [0.2, 0.25) is 0 Å². The van der Waals surface area contributed by atoms with Crippen LogP contribution in [0.3, 0.4) is 0 Å². The predicted octanol–water partition coefficient (Wildman–Crippen LogP) is 4.46. The summed E-state index contributed by atoms with van der Waals surface area (Å²) in [5, 5.41) is 13.2. The van der Waals surface area contributed by atoms with E-state index in [1.807, 2.05) is 23.1 Å². The van der Waals surface area contributed by atoms with Crippen LogP contribution in [0.15, 0.2) is 54.6 Å². The molecule has 0 N–H and O–H groups in total. The van der Waals surface area contributed by atoms with E-state index in [1.165, 1.54) is 12.1 Å². The molecule has 0 bridgehead atoms. The lowest BCUT2D eigenvalue weighted by Crippen LogP contribution is -2.37. The Bertz CT molecular complexity index is 1100. The van der Waals surface area contributed by atoms with E-state index in [2.05, 4.69) is 0 Å². The van der Waals surface area contributed by atoms with E-state index in [0.717, 1.165) is 5.39 Å². The first-order valence-corrected chi connectivity index (χ1v) is 9.43. The van der Waals surface area contributed by atoms with Crippen molar-refractivity contribution in [3.8, 4) is 5.75 Å². The summed E-state index contributed by atoms with van der Waals surface area (Å²) < 4.78 is 11.0. The summed E-state index contributed by atoms with van der Waals surface area (Å²) >= 11 is 6.23. The maximum Gasteiger partial charge on any atom is 0.345 e. The number of ether oxygens (including phenoxy) is 2. The first-order chi connectivity index (χ1) is 14.0. The normalized spacial score (nSPS) is 14.0. The average Bonchev–Trinajstić information content (AvgIpc) is 2.76. The van der Waals surface area contributed by atoms with Crippen molar-refractivity contribution in [1.82, 2.24) is 0 Å². The number of nitro benzene ring substituents is 1. The number of rotatable bonds is 4. The number of esters is 1. The van der Waals surface area contributed by atoms with Gasteiger partial charge in [-0.2, -0.15) is 0 Å². The highest BCUT2D eigenvalue weighted by Crippen LogP contribution is 2.33. The van der Waals surface area contributed by atoms with Crippen LogP contribution in [0.1, 0.15) is 10.4 Å². The Balaban J connectivity index is 1.73. The van der Waals surface area contributed by atoms with Crippen molar-refractivity contribution in [3.05, 3.63) is 75.3 Å². The number of nitro groups is 1. The largest absolute Gasteiger partial charge is 0.422 e. The Labute approximate surface area is 171 Å². The molecular weight excluding hydrogens is 396 g/mol. The van der Waals surface area contributed by atoms with Gasteiger partial charge in [0.1, 0.15) is 5.75 Å². The van der Waals surface area contributed by atoms with E-state index in [9.17, 15) is 14.9 Å². The van der Waals surface area contributed by atoms with E-state index in [4.69, 9.17) is 21.1 Å². The third-order valence-electron chi connectivity index (χ3n) is 4.80. The van der Waals surface area contributed by atoms with Gasteiger partial charge < -0.3 is 14.4 Å². The average molecular weight is 413 g/mol. The van der Waals surface area contributed by atoms with E-state index in [0.29, 0.717) is 48.1 Å². The van der Waals surface area contributed by atoms with Crippen molar-refractivity contribution < 1.29 is 19.2 Å². The molecule has 0 saturated carbocycles. The van der Waals surface area contributed by atoms with Crippen molar-refractivity contribution >= 4 is 39.7 Å². The number of carbonyl (C=O) groups excluding carboxylic acids is 1. The smallest absolute Gasteiger partial charge is 0.345 e. The molecule has 0 amide bonds. The molecule has 3 aromatic rings. The third-order valence-corrected chi connectivity index (χ3v) is 5.13. The van der Waals surface area contributed by atoms with Gasteiger partial charge in [-0.1, -0.05) is 35.9 Å². The quantitative estimate of drug-likeness (QED) is 0.272. The Morgan fingerprint density at radius 2 is 1.79 bits per heavy atom. The van der Waals surface area contributed by atoms with Gasteiger partial charge in [-0.3, -0.25) is 10.1 Å². The molecule has 4 rings (SSSR count). The monoisotopic (exact) mass is 412 g/mol. The molecular formula is C21H17ClN2O5. The maximum absolute atomic E-state index is 13.0. The third kappa shape index (κ3) is 3.87. The summed E-state index contributed by atoms with van der Waals surface area (Å²) in [5.41, 5.74) is 0.553. The zero-order valence-electron chi connectivity index (χ0n) is 15.3. The standard InChI is InChI=1S/C21H17ClN2O5/c22-18-6-8-20(16-4-2-1-3-15(16)18)29-21(25)17-13-14(24(26)27)5-7-19(17)23-9-11-28-12-10-23/h1-8,13H,9-12H2. The minimum absolute atomic E-state index is 0.139. The zero-order chi connectivity index (χ0) is 20.4. The van der Waals surface area contributed by atoms with Gasteiger partial charge in [-0.25, -0.2) is 4.79 Å². The minimum atomic E-state index is -0.664. The summed E-state index contributed by atoms with van der Waals surface area (Å²) in [6.07, 6.45) is 0. The van der Waals surface area contributed by atoms with Gasteiger partial charge in [0, 0.05) is 41.0 Å². The first-order valence-electron chi connectivity index (χ1n) is 9.05. The number of non-ortho nitro benzene ring substituents is 1. The van der Waals surface area contributed by atoms with E-state index in [1.54, 1.807) is 24.3 Å². The topological polar surface area (TPSA) is 81.9 Å². The Hall–Kier alpha value is -3.16. The lowest BCUT2D eigenvalue weighted by atomic mass is 10.1. The molecule has 1 heterocycles. The highest BCUT2D eigenvalue weighted by atomic mass is 35.5. The van der Waals surface area contributed by atoms with Crippen molar-refractivity contribution in [3.63, 3.8) is 0 Å². The van der Waals surface area contributed by atoms with Crippen LogP contribution in [0, 0.1) is 10.1 Å². The molecule has 1 aliphatic rings. The fourth-order valence-corrected chi connectivity index (χ4v) is 3.59. The number of morpholine rings is 1. The lowest BCUT2D eigenvalue weighted by Gasteiger charge is -2.30. The van der Waals surface area contributed by atoms with Crippen LogP contribution in [0.5, 0.6) is 5.75 Å².